The van der Waals surface area contributed by atoms with Crippen LogP contribution in [0.1, 0.15) is 5.56 Å². The monoisotopic (exact) mass is 347 g/mol. The number of piperazine rings is 1. The number of ether oxygens (including phenoxy) is 1. The van der Waals surface area contributed by atoms with Crippen LogP contribution in [0.4, 0.5) is 5.69 Å². The Morgan fingerprint density at radius 2 is 1.77 bits per heavy atom. The number of methoxy groups -OCH3 is 1. The van der Waals surface area contributed by atoms with Crippen LogP contribution in [0.2, 0.25) is 5.02 Å². The molecule has 1 fully saturated rings. The summed E-state index contributed by atoms with van der Waals surface area (Å²) in [5.41, 5.74) is 1.92. The summed E-state index contributed by atoms with van der Waals surface area (Å²) in [6.45, 7) is 4.07. The number of aryl methyl sites for hydroxylation is 1. The van der Waals surface area contributed by atoms with Crippen molar-refractivity contribution in [3.8, 4) is 5.75 Å². The molecule has 8 heteroatoms. The van der Waals surface area contributed by atoms with E-state index < -0.39 is 10.2 Å². The van der Waals surface area contributed by atoms with E-state index >= 15 is 0 Å². The molecule has 0 amide bonds. The van der Waals surface area contributed by atoms with E-state index in [4.69, 9.17) is 16.3 Å². The molecule has 2 rings (SSSR count). The lowest BCUT2D eigenvalue weighted by molar-refractivity contribution is 0.353. The van der Waals surface area contributed by atoms with Crippen LogP contribution >= 0.6 is 11.6 Å². The maximum Gasteiger partial charge on any atom is 0.281 e. The van der Waals surface area contributed by atoms with Gasteiger partial charge in [-0.15, -0.1) is 0 Å². The standard InChI is InChI=1S/C14H22ClN3O3S/c1-11-9-13(14(21-4)10-12(11)15)17-5-7-18(8-6-17)22(19,20)16(2)3/h9-10H,5-8H2,1-4H3. The SMILES string of the molecule is COc1cc(Cl)c(C)cc1N1CCN(S(=O)(=O)N(C)C)CC1. The molecule has 0 radical (unpaired) electrons. The molecule has 0 bridgehead atoms. The van der Waals surface area contributed by atoms with Crippen molar-refractivity contribution in [1.82, 2.24) is 8.61 Å². The van der Waals surface area contributed by atoms with E-state index in [0.29, 0.717) is 37.0 Å². The van der Waals surface area contributed by atoms with Gasteiger partial charge in [-0.25, -0.2) is 0 Å². The summed E-state index contributed by atoms with van der Waals surface area (Å²) < 4.78 is 32.4. The van der Waals surface area contributed by atoms with E-state index in [1.165, 1.54) is 8.61 Å². The quantitative estimate of drug-likeness (QED) is 0.830. The van der Waals surface area contributed by atoms with Gasteiger partial charge in [-0.05, 0) is 18.6 Å². The van der Waals surface area contributed by atoms with Crippen molar-refractivity contribution in [2.45, 2.75) is 6.92 Å². The van der Waals surface area contributed by atoms with Crippen LogP contribution < -0.4 is 9.64 Å². The molecule has 1 heterocycles. The van der Waals surface area contributed by atoms with Crippen molar-refractivity contribution >= 4 is 27.5 Å². The molecule has 0 N–H and O–H groups in total. The maximum atomic E-state index is 12.1. The van der Waals surface area contributed by atoms with Gasteiger partial charge in [0, 0.05) is 51.4 Å². The summed E-state index contributed by atoms with van der Waals surface area (Å²) in [5.74, 6) is 0.708. The zero-order valence-electron chi connectivity index (χ0n) is 13.3. The minimum absolute atomic E-state index is 0.450. The molecule has 0 spiro atoms. The minimum Gasteiger partial charge on any atom is -0.495 e. The molecule has 1 aromatic carbocycles. The Hall–Kier alpha value is -1.02. The lowest BCUT2D eigenvalue weighted by atomic mass is 10.1. The Balaban J connectivity index is 2.17. The van der Waals surface area contributed by atoms with Crippen LogP contribution in [-0.2, 0) is 10.2 Å². The van der Waals surface area contributed by atoms with Gasteiger partial charge in [-0.2, -0.15) is 17.0 Å². The Labute approximate surface area is 137 Å². The fourth-order valence-electron chi connectivity index (χ4n) is 2.45. The second-order valence-electron chi connectivity index (χ2n) is 5.45. The summed E-state index contributed by atoms with van der Waals surface area (Å²) in [6, 6.07) is 3.78. The molecule has 0 atom stereocenters. The molecule has 1 aromatic rings. The Bertz CT molecular complexity index is 641. The highest BCUT2D eigenvalue weighted by molar-refractivity contribution is 7.86. The molecular weight excluding hydrogens is 326 g/mol. The predicted octanol–water partition coefficient (Wildman–Crippen LogP) is 1.59. The lowest BCUT2D eigenvalue weighted by Gasteiger charge is -2.37. The Kier molecular flexibility index (Phi) is 5.21. The Morgan fingerprint density at radius 3 is 2.27 bits per heavy atom. The first kappa shape index (κ1) is 17.3. The molecule has 1 aliphatic rings. The van der Waals surface area contributed by atoms with Crippen molar-refractivity contribution in [3.05, 3.63) is 22.7 Å². The van der Waals surface area contributed by atoms with E-state index in [1.54, 1.807) is 27.3 Å². The topological polar surface area (TPSA) is 53.1 Å². The first-order valence-electron chi connectivity index (χ1n) is 7.04. The van der Waals surface area contributed by atoms with E-state index in [2.05, 4.69) is 4.90 Å². The zero-order chi connectivity index (χ0) is 16.5. The van der Waals surface area contributed by atoms with Crippen LogP contribution in [-0.4, -0.2) is 64.4 Å². The highest BCUT2D eigenvalue weighted by Gasteiger charge is 2.29. The summed E-state index contributed by atoms with van der Waals surface area (Å²) in [4.78, 5) is 2.13. The molecule has 6 nitrogen and oxygen atoms in total. The molecule has 1 saturated heterocycles. The van der Waals surface area contributed by atoms with Gasteiger partial charge < -0.3 is 9.64 Å². The van der Waals surface area contributed by atoms with Gasteiger partial charge in [0.1, 0.15) is 5.75 Å². The normalized spacial score (nSPS) is 17.1. The van der Waals surface area contributed by atoms with Gasteiger partial charge in [0.15, 0.2) is 0 Å². The fraction of sp³-hybridized carbons (Fsp3) is 0.571. The highest BCUT2D eigenvalue weighted by Crippen LogP contribution is 2.34. The molecule has 0 aliphatic carbocycles. The third kappa shape index (κ3) is 3.32. The number of hydrogen-bond acceptors (Lipinski definition) is 4. The molecule has 0 aromatic heterocycles. The van der Waals surface area contributed by atoms with Gasteiger partial charge in [-0.1, -0.05) is 11.6 Å². The second kappa shape index (κ2) is 6.62. The Morgan fingerprint density at radius 1 is 1.18 bits per heavy atom. The second-order valence-corrected chi connectivity index (χ2v) is 8.00. The van der Waals surface area contributed by atoms with Crippen molar-refractivity contribution in [3.63, 3.8) is 0 Å². The third-order valence-electron chi connectivity index (χ3n) is 3.83. The van der Waals surface area contributed by atoms with Crippen LogP contribution in [0.3, 0.4) is 0 Å². The van der Waals surface area contributed by atoms with Crippen molar-refractivity contribution in [2.75, 3.05) is 52.3 Å². The molecule has 0 saturated carbocycles. The number of halogens is 1. The van der Waals surface area contributed by atoms with Crippen LogP contribution in [0.25, 0.3) is 0 Å². The van der Waals surface area contributed by atoms with Crippen LogP contribution in [0.5, 0.6) is 5.75 Å². The van der Waals surface area contributed by atoms with Crippen molar-refractivity contribution in [1.29, 1.82) is 0 Å². The van der Waals surface area contributed by atoms with Crippen molar-refractivity contribution in [2.24, 2.45) is 0 Å². The first-order chi connectivity index (χ1) is 10.3. The van der Waals surface area contributed by atoms with Gasteiger partial charge in [0.05, 0.1) is 12.8 Å². The number of nitrogens with zero attached hydrogens (tertiary/aromatic N) is 3. The largest absolute Gasteiger partial charge is 0.495 e. The van der Waals surface area contributed by atoms with Gasteiger partial charge >= 0.3 is 0 Å². The summed E-state index contributed by atoms with van der Waals surface area (Å²) in [7, 11) is 1.36. The van der Waals surface area contributed by atoms with Gasteiger partial charge in [0.25, 0.3) is 10.2 Å². The lowest BCUT2D eigenvalue weighted by Crippen LogP contribution is -2.51. The third-order valence-corrected chi connectivity index (χ3v) is 6.17. The number of hydrogen-bond donors (Lipinski definition) is 0. The summed E-state index contributed by atoms with van der Waals surface area (Å²) in [5, 5.41) is 0.662. The minimum atomic E-state index is -3.35. The molecule has 22 heavy (non-hydrogen) atoms. The summed E-state index contributed by atoms with van der Waals surface area (Å²) in [6.07, 6.45) is 0. The molecular formula is C14H22ClN3O3S. The number of rotatable bonds is 4. The summed E-state index contributed by atoms with van der Waals surface area (Å²) >= 11 is 6.13. The van der Waals surface area contributed by atoms with E-state index in [-0.39, 0.29) is 0 Å². The van der Waals surface area contributed by atoms with Gasteiger partial charge in [0.2, 0.25) is 0 Å². The average Bonchev–Trinajstić information content (AvgIpc) is 2.49. The van der Waals surface area contributed by atoms with E-state index in [0.717, 1.165) is 11.3 Å². The number of anilines is 1. The molecule has 0 unspecified atom stereocenters. The van der Waals surface area contributed by atoms with Crippen molar-refractivity contribution < 1.29 is 13.2 Å². The number of benzene rings is 1. The van der Waals surface area contributed by atoms with E-state index in [9.17, 15) is 8.42 Å². The fourth-order valence-corrected chi connectivity index (χ4v) is 3.69. The van der Waals surface area contributed by atoms with Crippen LogP contribution in [0, 0.1) is 6.92 Å². The van der Waals surface area contributed by atoms with Crippen LogP contribution in [0.15, 0.2) is 12.1 Å². The van der Waals surface area contributed by atoms with E-state index in [1.807, 2.05) is 13.0 Å². The maximum absolute atomic E-state index is 12.1. The highest BCUT2D eigenvalue weighted by atomic mass is 35.5. The molecule has 1 aliphatic heterocycles. The predicted molar refractivity (Wildman–Crippen MR) is 89.1 cm³/mol. The van der Waals surface area contributed by atoms with Gasteiger partial charge in [-0.3, -0.25) is 0 Å². The smallest absolute Gasteiger partial charge is 0.281 e. The average molecular weight is 348 g/mol. The zero-order valence-corrected chi connectivity index (χ0v) is 14.9. The molecule has 124 valence electrons. The first-order valence-corrected chi connectivity index (χ1v) is 8.81.